The average Bonchev–Trinajstić information content (AvgIpc) is 2.73. The quantitative estimate of drug-likeness (QED) is 0.822. The first kappa shape index (κ1) is 7.99. The standard InChI is InChI=1S/C12H17NO2/c1-3-13-9(2)6-10-4-5-11-12(7-10)15-8-14-11/h4-5,7,9,13H,3,6,8H2,1-2H3/i1D2. The molecule has 1 aromatic rings. The van der Waals surface area contributed by atoms with Crippen LogP contribution in [-0.4, -0.2) is 19.4 Å². The predicted molar refractivity (Wildman–Crippen MR) is 59.4 cm³/mol. The molecule has 0 aliphatic carbocycles. The zero-order valence-corrected chi connectivity index (χ0v) is 8.82. The molecule has 1 aromatic carbocycles. The molecule has 3 heteroatoms. The van der Waals surface area contributed by atoms with Gasteiger partial charge in [-0.2, -0.15) is 0 Å². The Kier molecular flexibility index (Phi) is 2.42. The third kappa shape index (κ3) is 2.42. The summed E-state index contributed by atoms with van der Waals surface area (Å²) in [5.41, 5.74) is 1.17. The van der Waals surface area contributed by atoms with E-state index in [0.717, 1.165) is 17.9 Å². The molecule has 2 rings (SSSR count). The van der Waals surface area contributed by atoms with Gasteiger partial charge in [0.1, 0.15) is 0 Å². The van der Waals surface area contributed by atoms with Crippen LogP contribution in [0.3, 0.4) is 0 Å². The van der Waals surface area contributed by atoms with Crippen molar-refractivity contribution in [2.24, 2.45) is 0 Å². The van der Waals surface area contributed by atoms with E-state index in [-0.39, 0.29) is 6.04 Å². The van der Waals surface area contributed by atoms with Gasteiger partial charge in [0.15, 0.2) is 11.5 Å². The van der Waals surface area contributed by atoms with E-state index in [0.29, 0.717) is 13.3 Å². The smallest absolute Gasteiger partial charge is 0.231 e. The van der Waals surface area contributed by atoms with E-state index >= 15 is 0 Å². The summed E-state index contributed by atoms with van der Waals surface area (Å²) in [5.74, 6) is 1.60. The van der Waals surface area contributed by atoms with Gasteiger partial charge in [-0.15, -0.1) is 0 Å². The second-order valence-electron chi connectivity index (χ2n) is 3.70. The van der Waals surface area contributed by atoms with Crippen LogP contribution in [0.4, 0.5) is 0 Å². The van der Waals surface area contributed by atoms with Gasteiger partial charge in [-0.25, -0.2) is 0 Å². The van der Waals surface area contributed by atoms with Crippen molar-refractivity contribution in [1.29, 1.82) is 0 Å². The molecule has 1 aliphatic heterocycles. The van der Waals surface area contributed by atoms with Crippen LogP contribution in [-0.2, 0) is 6.42 Å². The lowest BCUT2D eigenvalue weighted by Gasteiger charge is -2.12. The molecule has 1 unspecified atom stereocenters. The molecule has 0 bridgehead atoms. The van der Waals surface area contributed by atoms with Crippen molar-refractivity contribution in [3.63, 3.8) is 0 Å². The van der Waals surface area contributed by atoms with Crippen LogP contribution in [0.25, 0.3) is 0 Å². The van der Waals surface area contributed by atoms with Gasteiger partial charge < -0.3 is 14.8 Å². The van der Waals surface area contributed by atoms with Crippen LogP contribution in [0.5, 0.6) is 11.5 Å². The molecule has 0 radical (unpaired) electrons. The third-order valence-electron chi connectivity index (χ3n) is 2.45. The molecule has 1 heterocycles. The van der Waals surface area contributed by atoms with E-state index < -0.39 is 6.88 Å². The molecule has 15 heavy (non-hydrogen) atoms. The minimum absolute atomic E-state index is 0.244. The fourth-order valence-corrected chi connectivity index (χ4v) is 1.69. The van der Waals surface area contributed by atoms with E-state index in [4.69, 9.17) is 12.2 Å². The summed E-state index contributed by atoms with van der Waals surface area (Å²) in [4.78, 5) is 0. The second kappa shape index (κ2) is 4.53. The Balaban J connectivity index is 1.90. The van der Waals surface area contributed by atoms with Crippen molar-refractivity contribution in [3.05, 3.63) is 23.8 Å². The molecular formula is C12H17NO2. The number of hydrogen-bond acceptors (Lipinski definition) is 3. The minimum atomic E-state index is -0.811. The van der Waals surface area contributed by atoms with Gasteiger partial charge in [0.05, 0.1) is 0 Å². The summed E-state index contributed by atoms with van der Waals surface area (Å²) in [6.45, 7) is 1.93. The van der Waals surface area contributed by atoms with E-state index in [1.807, 2.05) is 25.1 Å². The Morgan fingerprint density at radius 2 is 2.33 bits per heavy atom. The first-order valence-electron chi connectivity index (χ1n) is 6.27. The number of rotatable bonds is 4. The zero-order valence-electron chi connectivity index (χ0n) is 10.8. The van der Waals surface area contributed by atoms with Crippen LogP contribution < -0.4 is 14.8 Å². The summed E-state index contributed by atoms with van der Waals surface area (Å²) in [5, 5.41) is 3.15. The van der Waals surface area contributed by atoms with Crippen molar-refractivity contribution in [2.75, 3.05) is 13.3 Å². The number of hydrogen-bond donors (Lipinski definition) is 1. The molecule has 82 valence electrons. The number of ether oxygens (including phenoxy) is 2. The summed E-state index contributed by atoms with van der Waals surface area (Å²) in [6, 6.07) is 6.17. The lowest BCUT2D eigenvalue weighted by Crippen LogP contribution is -2.27. The molecule has 3 nitrogen and oxygen atoms in total. The highest BCUT2D eigenvalue weighted by molar-refractivity contribution is 5.44. The first-order valence-corrected chi connectivity index (χ1v) is 5.11. The van der Waals surface area contributed by atoms with Crippen molar-refractivity contribution in [1.82, 2.24) is 5.32 Å². The zero-order chi connectivity index (χ0) is 12.3. The van der Waals surface area contributed by atoms with Crippen LogP contribution in [0.2, 0.25) is 0 Å². The average molecular weight is 209 g/mol. The first-order chi connectivity index (χ1) is 8.15. The van der Waals surface area contributed by atoms with E-state index in [1.165, 1.54) is 5.56 Å². The molecule has 1 aliphatic rings. The molecule has 1 N–H and O–H groups in total. The Morgan fingerprint density at radius 3 is 3.20 bits per heavy atom. The molecule has 0 spiro atoms. The molecule has 0 aromatic heterocycles. The summed E-state index contributed by atoms with van der Waals surface area (Å²) < 4.78 is 24.8. The molecule has 0 fully saturated rings. The van der Waals surface area contributed by atoms with Gasteiger partial charge in [0.25, 0.3) is 0 Å². The number of fused-ring (bicyclic) bond motifs is 1. The van der Waals surface area contributed by atoms with E-state index in [2.05, 4.69) is 5.32 Å². The van der Waals surface area contributed by atoms with Gasteiger partial charge in [-0.05, 0) is 37.6 Å². The summed E-state index contributed by atoms with van der Waals surface area (Å²) in [6.07, 6.45) is 0.851. The van der Waals surface area contributed by atoms with E-state index in [1.54, 1.807) is 0 Å². The van der Waals surface area contributed by atoms with Crippen LogP contribution >= 0.6 is 0 Å². The number of nitrogens with one attached hydrogen (secondary N) is 1. The van der Waals surface area contributed by atoms with E-state index in [9.17, 15) is 0 Å². The van der Waals surface area contributed by atoms with Crippen LogP contribution in [0, 0.1) is 0 Å². The number of likely N-dealkylation sites (N-methyl/N-ethyl adjacent to an activating group) is 1. The topological polar surface area (TPSA) is 30.5 Å². The highest BCUT2D eigenvalue weighted by Gasteiger charge is 2.13. The van der Waals surface area contributed by atoms with Crippen molar-refractivity contribution >= 4 is 0 Å². The fourth-order valence-electron chi connectivity index (χ4n) is 1.69. The highest BCUT2D eigenvalue weighted by atomic mass is 16.7. The van der Waals surface area contributed by atoms with Crippen molar-refractivity contribution in [2.45, 2.75) is 26.3 Å². The van der Waals surface area contributed by atoms with Crippen LogP contribution in [0.15, 0.2) is 18.2 Å². The number of benzene rings is 1. The molecular weight excluding hydrogens is 190 g/mol. The fraction of sp³-hybridized carbons (Fsp3) is 0.500. The SMILES string of the molecule is [2H]C([2H])CNC(C)Cc1ccc2c(c1)OCO2. The van der Waals surface area contributed by atoms with Crippen molar-refractivity contribution in [3.8, 4) is 11.5 Å². The lowest BCUT2D eigenvalue weighted by molar-refractivity contribution is 0.174. The predicted octanol–water partition coefficient (Wildman–Crippen LogP) is 1.96. The third-order valence-corrected chi connectivity index (χ3v) is 2.45. The Bertz CT molecular complexity index is 385. The Morgan fingerprint density at radius 1 is 1.47 bits per heavy atom. The van der Waals surface area contributed by atoms with Gasteiger partial charge in [-0.1, -0.05) is 12.9 Å². The second-order valence-corrected chi connectivity index (χ2v) is 3.70. The highest BCUT2D eigenvalue weighted by Crippen LogP contribution is 2.32. The van der Waals surface area contributed by atoms with Gasteiger partial charge in [0.2, 0.25) is 6.79 Å². The Labute approximate surface area is 93.2 Å². The molecule has 0 saturated heterocycles. The maximum absolute atomic E-state index is 7.12. The largest absolute Gasteiger partial charge is 0.454 e. The van der Waals surface area contributed by atoms with Gasteiger partial charge in [-0.3, -0.25) is 0 Å². The maximum Gasteiger partial charge on any atom is 0.231 e. The Hall–Kier alpha value is -1.22. The molecule has 1 atom stereocenters. The van der Waals surface area contributed by atoms with Gasteiger partial charge in [0, 0.05) is 8.78 Å². The monoisotopic (exact) mass is 209 g/mol. The lowest BCUT2D eigenvalue weighted by atomic mass is 10.1. The maximum atomic E-state index is 7.12. The summed E-state index contributed by atoms with van der Waals surface area (Å²) >= 11 is 0. The normalized spacial score (nSPS) is 17.5. The minimum Gasteiger partial charge on any atom is -0.454 e. The van der Waals surface area contributed by atoms with Crippen molar-refractivity contribution < 1.29 is 12.2 Å². The van der Waals surface area contributed by atoms with Gasteiger partial charge >= 0.3 is 0 Å². The molecule has 0 saturated carbocycles. The summed E-state index contributed by atoms with van der Waals surface area (Å²) in [7, 11) is 0. The molecule has 0 amide bonds. The van der Waals surface area contributed by atoms with Crippen LogP contribution in [0.1, 0.15) is 22.1 Å².